The fraction of sp³-hybridized carbons (Fsp3) is 0.0588. The predicted molar refractivity (Wildman–Crippen MR) is 90.9 cm³/mol. The quantitative estimate of drug-likeness (QED) is 0.710. The molecule has 0 spiro atoms. The van der Waals surface area contributed by atoms with Gasteiger partial charge in [0.05, 0.1) is 11.2 Å². The molecule has 0 saturated carbocycles. The molecule has 110 valence electrons. The first-order valence-electron chi connectivity index (χ1n) is 6.67. The van der Waals surface area contributed by atoms with Crippen LogP contribution in [-0.4, -0.2) is 10.9 Å². The van der Waals surface area contributed by atoms with Crippen molar-refractivity contribution in [3.8, 4) is 0 Å². The van der Waals surface area contributed by atoms with Crippen LogP contribution in [0.25, 0.3) is 10.9 Å². The Morgan fingerprint density at radius 1 is 1.14 bits per heavy atom. The van der Waals surface area contributed by atoms with Gasteiger partial charge in [0.25, 0.3) is 5.91 Å². The number of benzene rings is 2. The second-order valence-corrected chi connectivity index (χ2v) is 5.74. The Balaban J connectivity index is 2.01. The Labute approximate surface area is 137 Å². The minimum atomic E-state index is -0.220. The Hall–Kier alpha value is -2.10. The molecular formula is C17H12Cl2N2O. The maximum absolute atomic E-state index is 12.3. The summed E-state index contributed by atoms with van der Waals surface area (Å²) in [7, 11) is 0. The van der Waals surface area contributed by atoms with Crippen molar-refractivity contribution in [1.29, 1.82) is 0 Å². The molecule has 1 aromatic heterocycles. The summed E-state index contributed by atoms with van der Waals surface area (Å²) in [5.74, 6) is -0.220. The molecule has 1 heterocycles. The molecule has 2 aromatic carbocycles. The zero-order valence-corrected chi connectivity index (χ0v) is 13.2. The van der Waals surface area contributed by atoms with E-state index in [1.54, 1.807) is 42.6 Å². The first kappa shape index (κ1) is 14.8. The molecule has 1 N–H and O–H groups in total. The van der Waals surface area contributed by atoms with Crippen molar-refractivity contribution in [2.45, 2.75) is 6.92 Å². The number of nitrogens with one attached hydrogen (secondary N) is 1. The highest BCUT2D eigenvalue weighted by Crippen LogP contribution is 2.28. The van der Waals surface area contributed by atoms with Crippen molar-refractivity contribution in [3.05, 3.63) is 69.8 Å². The number of hydrogen-bond donors (Lipinski definition) is 1. The molecule has 3 aromatic rings. The lowest BCUT2D eigenvalue weighted by Crippen LogP contribution is -2.12. The number of aromatic nitrogens is 1. The summed E-state index contributed by atoms with van der Waals surface area (Å²) in [4.78, 5) is 16.7. The number of fused-ring (bicyclic) bond motifs is 1. The molecule has 0 unspecified atom stereocenters. The molecule has 0 aliphatic heterocycles. The van der Waals surface area contributed by atoms with Gasteiger partial charge in [0.2, 0.25) is 0 Å². The lowest BCUT2D eigenvalue weighted by Gasteiger charge is -2.10. The van der Waals surface area contributed by atoms with Gasteiger partial charge in [-0.15, -0.1) is 0 Å². The van der Waals surface area contributed by atoms with Crippen LogP contribution in [0.2, 0.25) is 10.0 Å². The van der Waals surface area contributed by atoms with Crippen molar-refractivity contribution in [2.75, 3.05) is 5.32 Å². The molecule has 0 atom stereocenters. The number of halogens is 2. The fourth-order valence-corrected chi connectivity index (χ4v) is 2.61. The van der Waals surface area contributed by atoms with Gasteiger partial charge >= 0.3 is 0 Å². The number of anilines is 1. The summed E-state index contributed by atoms with van der Waals surface area (Å²) in [5, 5.41) is 4.92. The highest BCUT2D eigenvalue weighted by atomic mass is 35.5. The van der Waals surface area contributed by atoms with Crippen LogP contribution in [0.1, 0.15) is 15.9 Å². The summed E-state index contributed by atoms with van der Waals surface area (Å²) in [6.07, 6.45) is 1.65. The van der Waals surface area contributed by atoms with Crippen molar-refractivity contribution in [1.82, 2.24) is 4.98 Å². The Morgan fingerprint density at radius 3 is 2.73 bits per heavy atom. The maximum Gasteiger partial charge on any atom is 0.255 e. The van der Waals surface area contributed by atoms with Crippen LogP contribution in [0, 0.1) is 6.92 Å². The van der Waals surface area contributed by atoms with E-state index >= 15 is 0 Å². The van der Waals surface area contributed by atoms with E-state index in [0.29, 0.717) is 21.3 Å². The summed E-state index contributed by atoms with van der Waals surface area (Å²) >= 11 is 12.0. The van der Waals surface area contributed by atoms with E-state index in [0.717, 1.165) is 16.5 Å². The summed E-state index contributed by atoms with van der Waals surface area (Å²) < 4.78 is 0. The third-order valence-electron chi connectivity index (χ3n) is 3.43. The molecule has 0 aliphatic rings. The van der Waals surface area contributed by atoms with Crippen molar-refractivity contribution in [2.24, 2.45) is 0 Å². The molecule has 0 saturated heterocycles. The Kier molecular flexibility index (Phi) is 4.01. The van der Waals surface area contributed by atoms with E-state index in [4.69, 9.17) is 23.2 Å². The molecule has 0 bridgehead atoms. The number of amides is 1. The molecule has 22 heavy (non-hydrogen) atoms. The molecule has 0 aliphatic carbocycles. The molecule has 3 nitrogen and oxygen atoms in total. The van der Waals surface area contributed by atoms with Gasteiger partial charge in [-0.3, -0.25) is 9.78 Å². The number of rotatable bonds is 2. The first-order chi connectivity index (χ1) is 10.6. The SMILES string of the molecule is Cc1c(Cl)ccc2c(NC(=O)c3cccc(Cl)c3)ccnc12. The van der Waals surface area contributed by atoms with Crippen molar-refractivity contribution < 1.29 is 4.79 Å². The van der Waals surface area contributed by atoms with Crippen LogP contribution in [0.15, 0.2) is 48.7 Å². The van der Waals surface area contributed by atoms with E-state index in [1.165, 1.54) is 0 Å². The van der Waals surface area contributed by atoms with E-state index in [2.05, 4.69) is 10.3 Å². The average Bonchev–Trinajstić information content (AvgIpc) is 2.51. The van der Waals surface area contributed by atoms with Crippen LogP contribution in [-0.2, 0) is 0 Å². The molecule has 1 amide bonds. The highest BCUT2D eigenvalue weighted by Gasteiger charge is 2.11. The van der Waals surface area contributed by atoms with Crippen LogP contribution in [0.5, 0.6) is 0 Å². The normalized spacial score (nSPS) is 10.7. The number of hydrogen-bond acceptors (Lipinski definition) is 2. The van der Waals surface area contributed by atoms with E-state index < -0.39 is 0 Å². The van der Waals surface area contributed by atoms with E-state index in [9.17, 15) is 4.79 Å². The third-order valence-corrected chi connectivity index (χ3v) is 4.08. The van der Waals surface area contributed by atoms with Crippen LogP contribution < -0.4 is 5.32 Å². The number of pyridine rings is 1. The van der Waals surface area contributed by atoms with Crippen molar-refractivity contribution >= 4 is 45.7 Å². The molecule has 3 rings (SSSR count). The Morgan fingerprint density at radius 2 is 1.95 bits per heavy atom. The van der Waals surface area contributed by atoms with Crippen LogP contribution in [0.3, 0.4) is 0 Å². The second-order valence-electron chi connectivity index (χ2n) is 4.89. The lowest BCUT2D eigenvalue weighted by atomic mass is 10.1. The van der Waals surface area contributed by atoms with Gasteiger partial charge in [0, 0.05) is 27.2 Å². The topological polar surface area (TPSA) is 42.0 Å². The Bertz CT molecular complexity index is 878. The van der Waals surface area contributed by atoms with Crippen LogP contribution in [0.4, 0.5) is 5.69 Å². The highest BCUT2D eigenvalue weighted by molar-refractivity contribution is 6.32. The molecule has 0 fully saturated rings. The zero-order chi connectivity index (χ0) is 15.7. The smallest absolute Gasteiger partial charge is 0.255 e. The standard InChI is InChI=1S/C17H12Cl2N2O/c1-10-14(19)6-5-13-15(7-8-20-16(10)13)21-17(22)11-3-2-4-12(18)9-11/h2-9H,1H3,(H,20,21,22). The number of carbonyl (C=O) groups is 1. The summed E-state index contributed by atoms with van der Waals surface area (Å²) in [6.45, 7) is 1.90. The average molecular weight is 331 g/mol. The summed E-state index contributed by atoms with van der Waals surface area (Å²) in [5.41, 5.74) is 2.85. The lowest BCUT2D eigenvalue weighted by molar-refractivity contribution is 0.102. The largest absolute Gasteiger partial charge is 0.321 e. The first-order valence-corrected chi connectivity index (χ1v) is 7.42. The zero-order valence-electron chi connectivity index (χ0n) is 11.7. The molecule has 5 heteroatoms. The second kappa shape index (κ2) is 5.95. The van der Waals surface area contributed by atoms with Gasteiger partial charge in [0.15, 0.2) is 0 Å². The van der Waals surface area contributed by atoms with Gasteiger partial charge in [-0.25, -0.2) is 0 Å². The minimum Gasteiger partial charge on any atom is -0.321 e. The number of carbonyl (C=O) groups excluding carboxylic acids is 1. The minimum absolute atomic E-state index is 0.220. The number of aryl methyl sites for hydroxylation is 1. The van der Waals surface area contributed by atoms with Gasteiger partial charge in [-0.05, 0) is 48.9 Å². The van der Waals surface area contributed by atoms with Gasteiger partial charge in [-0.2, -0.15) is 0 Å². The fourth-order valence-electron chi connectivity index (χ4n) is 2.27. The number of nitrogens with zero attached hydrogens (tertiary/aromatic N) is 1. The van der Waals surface area contributed by atoms with E-state index in [1.807, 2.05) is 13.0 Å². The van der Waals surface area contributed by atoms with Gasteiger partial charge in [-0.1, -0.05) is 29.3 Å². The van der Waals surface area contributed by atoms with Crippen molar-refractivity contribution in [3.63, 3.8) is 0 Å². The molecular weight excluding hydrogens is 319 g/mol. The van der Waals surface area contributed by atoms with Gasteiger partial charge < -0.3 is 5.32 Å². The summed E-state index contributed by atoms with van der Waals surface area (Å²) in [6, 6.07) is 12.2. The van der Waals surface area contributed by atoms with E-state index in [-0.39, 0.29) is 5.91 Å². The van der Waals surface area contributed by atoms with Crippen LogP contribution >= 0.6 is 23.2 Å². The monoisotopic (exact) mass is 330 g/mol. The predicted octanol–water partition coefficient (Wildman–Crippen LogP) is 5.10. The maximum atomic E-state index is 12.3. The third kappa shape index (κ3) is 2.78. The van der Waals surface area contributed by atoms with Gasteiger partial charge in [0.1, 0.15) is 0 Å². The molecule has 0 radical (unpaired) electrons.